The van der Waals surface area contributed by atoms with Crippen LogP contribution in [0.4, 0.5) is 10.2 Å². The SMILES string of the molecule is OC1(c2cnnn2C2=NNC3C4CCCCC4n4c(cnc4F)N23)CC1. The molecular weight excluding hydrogens is 339 g/mol. The van der Waals surface area contributed by atoms with Crippen molar-refractivity contribution in [3.05, 3.63) is 24.2 Å². The Bertz CT molecular complexity index is 915. The van der Waals surface area contributed by atoms with Crippen LogP contribution in [0.2, 0.25) is 0 Å². The standard InChI is InChI=1S/C16H19FN8O/c17-14-18-8-12-23(14)10-4-2-1-3-9(10)13-20-21-15(24(12)13)25-11(7-19-22-25)16(26)5-6-16/h7-10,13,20,26H,1-6H2. The van der Waals surface area contributed by atoms with Gasteiger partial charge in [0.05, 0.1) is 18.1 Å². The van der Waals surface area contributed by atoms with E-state index in [9.17, 15) is 9.50 Å². The summed E-state index contributed by atoms with van der Waals surface area (Å²) in [5, 5.41) is 23.2. The van der Waals surface area contributed by atoms with Crippen molar-refractivity contribution in [2.45, 2.75) is 56.3 Å². The van der Waals surface area contributed by atoms with Crippen molar-refractivity contribution in [3.63, 3.8) is 0 Å². The molecule has 0 saturated heterocycles. The average Bonchev–Trinajstić information content (AvgIpc) is 3.06. The summed E-state index contributed by atoms with van der Waals surface area (Å²) in [6.07, 6.45) is 8.15. The average molecular weight is 358 g/mol. The highest BCUT2D eigenvalue weighted by Crippen LogP contribution is 2.47. The molecule has 4 aliphatic rings. The van der Waals surface area contributed by atoms with Gasteiger partial charge in [0, 0.05) is 12.0 Å². The number of aliphatic hydroxyl groups is 1. The molecule has 3 unspecified atom stereocenters. The molecule has 9 nitrogen and oxygen atoms in total. The van der Waals surface area contributed by atoms with Crippen LogP contribution in [0.15, 0.2) is 17.5 Å². The second kappa shape index (κ2) is 4.81. The van der Waals surface area contributed by atoms with Crippen LogP contribution in [0.1, 0.15) is 50.3 Å². The smallest absolute Gasteiger partial charge is 0.291 e. The third-order valence-corrected chi connectivity index (χ3v) is 6.23. The minimum Gasteiger partial charge on any atom is -0.383 e. The van der Waals surface area contributed by atoms with Gasteiger partial charge in [0.2, 0.25) is 0 Å². The molecular formula is C16H19FN8O. The zero-order chi connectivity index (χ0) is 17.5. The molecule has 10 heteroatoms. The molecule has 6 rings (SSSR count). The lowest BCUT2D eigenvalue weighted by Crippen LogP contribution is -2.55. The van der Waals surface area contributed by atoms with Crippen LogP contribution in [0.3, 0.4) is 0 Å². The van der Waals surface area contributed by atoms with Crippen LogP contribution >= 0.6 is 0 Å². The summed E-state index contributed by atoms with van der Waals surface area (Å²) in [4.78, 5) is 5.88. The van der Waals surface area contributed by atoms with Gasteiger partial charge in [-0.15, -0.1) is 10.2 Å². The number of imidazole rings is 1. The van der Waals surface area contributed by atoms with Crippen molar-refractivity contribution in [1.29, 1.82) is 0 Å². The number of nitrogens with zero attached hydrogens (tertiary/aromatic N) is 7. The summed E-state index contributed by atoms with van der Waals surface area (Å²) in [5.74, 6) is 1.41. The molecule has 2 aromatic heterocycles. The van der Waals surface area contributed by atoms with E-state index >= 15 is 0 Å². The molecule has 136 valence electrons. The Morgan fingerprint density at radius 3 is 2.92 bits per heavy atom. The highest BCUT2D eigenvalue weighted by molar-refractivity contribution is 5.99. The minimum atomic E-state index is -0.890. The Kier molecular flexibility index (Phi) is 2.71. The first kappa shape index (κ1) is 14.7. The molecule has 2 aliphatic heterocycles. The third kappa shape index (κ3) is 1.77. The van der Waals surface area contributed by atoms with E-state index in [1.165, 1.54) is 0 Å². The normalized spacial score (nSPS) is 30.9. The van der Waals surface area contributed by atoms with E-state index in [2.05, 4.69) is 25.8 Å². The maximum atomic E-state index is 14.5. The van der Waals surface area contributed by atoms with Crippen molar-refractivity contribution in [2.75, 3.05) is 4.90 Å². The molecule has 4 heterocycles. The van der Waals surface area contributed by atoms with E-state index in [4.69, 9.17) is 0 Å². The van der Waals surface area contributed by atoms with Crippen LogP contribution in [-0.2, 0) is 5.60 Å². The Hall–Kier alpha value is -2.49. The second-order valence-electron chi connectivity index (χ2n) is 7.69. The van der Waals surface area contributed by atoms with Crippen LogP contribution in [-0.4, -0.2) is 41.8 Å². The van der Waals surface area contributed by atoms with Crippen molar-refractivity contribution in [2.24, 2.45) is 11.0 Å². The van der Waals surface area contributed by atoms with Gasteiger partial charge in [0.1, 0.15) is 17.6 Å². The maximum Gasteiger partial charge on any atom is 0.291 e. The Balaban J connectivity index is 1.48. The molecule has 2 aliphatic carbocycles. The zero-order valence-electron chi connectivity index (χ0n) is 14.1. The molecule has 26 heavy (non-hydrogen) atoms. The number of hydrogen-bond acceptors (Lipinski definition) is 7. The van der Waals surface area contributed by atoms with E-state index < -0.39 is 11.7 Å². The van der Waals surface area contributed by atoms with Crippen molar-refractivity contribution in [3.8, 4) is 0 Å². The number of rotatable bonds is 1. The van der Waals surface area contributed by atoms with Crippen LogP contribution in [0.5, 0.6) is 0 Å². The Morgan fingerprint density at radius 2 is 2.08 bits per heavy atom. The van der Waals surface area contributed by atoms with Gasteiger partial charge < -0.3 is 5.11 Å². The summed E-state index contributed by atoms with van der Waals surface area (Å²) in [5.41, 5.74) is 2.96. The van der Waals surface area contributed by atoms with Crippen LogP contribution in [0.25, 0.3) is 0 Å². The molecule has 2 aromatic rings. The first-order valence-electron chi connectivity index (χ1n) is 9.16. The van der Waals surface area contributed by atoms with Gasteiger partial charge >= 0.3 is 0 Å². The van der Waals surface area contributed by atoms with Crippen LogP contribution in [0, 0.1) is 12.0 Å². The lowest BCUT2D eigenvalue weighted by Gasteiger charge is -2.45. The largest absolute Gasteiger partial charge is 0.383 e. The molecule has 2 N–H and O–H groups in total. The van der Waals surface area contributed by atoms with Gasteiger partial charge in [0.25, 0.3) is 12.0 Å². The molecule has 2 fully saturated rings. The van der Waals surface area contributed by atoms with Crippen molar-refractivity contribution in [1.82, 2.24) is 30.0 Å². The summed E-state index contributed by atoms with van der Waals surface area (Å²) < 4.78 is 17.8. The summed E-state index contributed by atoms with van der Waals surface area (Å²) in [7, 11) is 0. The Labute approximate surface area is 148 Å². The molecule has 3 atom stereocenters. The fourth-order valence-corrected chi connectivity index (χ4v) is 4.76. The number of anilines is 1. The zero-order valence-corrected chi connectivity index (χ0v) is 14.1. The number of aromatic nitrogens is 5. The first-order valence-corrected chi connectivity index (χ1v) is 9.16. The molecule has 0 spiro atoms. The van der Waals surface area contributed by atoms with Gasteiger partial charge in [-0.3, -0.25) is 14.9 Å². The topological polar surface area (TPSA) is 96.4 Å². The molecule has 0 aromatic carbocycles. The molecule has 0 bridgehead atoms. The molecule has 0 amide bonds. The van der Waals surface area contributed by atoms with E-state index in [-0.39, 0.29) is 18.1 Å². The third-order valence-electron chi connectivity index (χ3n) is 6.23. The van der Waals surface area contributed by atoms with E-state index in [1.807, 2.05) is 4.90 Å². The summed E-state index contributed by atoms with van der Waals surface area (Å²) >= 11 is 0. The van der Waals surface area contributed by atoms with E-state index in [1.54, 1.807) is 21.6 Å². The first-order chi connectivity index (χ1) is 12.7. The molecule has 2 saturated carbocycles. The number of nitrogens with one attached hydrogen (secondary N) is 1. The number of hydrazone groups is 1. The summed E-state index contributed by atoms with van der Waals surface area (Å²) in [6, 6.07) is 0.0902. The summed E-state index contributed by atoms with van der Waals surface area (Å²) in [6.45, 7) is 0. The fourth-order valence-electron chi connectivity index (χ4n) is 4.76. The number of halogens is 1. The van der Waals surface area contributed by atoms with Crippen LogP contribution < -0.4 is 10.3 Å². The van der Waals surface area contributed by atoms with Gasteiger partial charge in [-0.2, -0.15) is 9.07 Å². The Morgan fingerprint density at radius 1 is 1.23 bits per heavy atom. The lowest BCUT2D eigenvalue weighted by atomic mass is 9.80. The van der Waals surface area contributed by atoms with Crippen molar-refractivity contribution < 1.29 is 9.50 Å². The van der Waals surface area contributed by atoms with Gasteiger partial charge in [-0.1, -0.05) is 18.1 Å². The van der Waals surface area contributed by atoms with Crippen molar-refractivity contribution >= 4 is 11.8 Å². The minimum absolute atomic E-state index is 0.0650. The highest BCUT2D eigenvalue weighted by Gasteiger charge is 2.51. The van der Waals surface area contributed by atoms with Gasteiger partial charge in [-0.25, -0.2) is 4.98 Å². The monoisotopic (exact) mass is 358 g/mol. The highest BCUT2D eigenvalue weighted by atomic mass is 19.1. The maximum absolute atomic E-state index is 14.5. The number of hydrogen-bond donors (Lipinski definition) is 2. The van der Waals surface area contributed by atoms with Gasteiger partial charge in [0.15, 0.2) is 0 Å². The van der Waals surface area contributed by atoms with Gasteiger partial charge in [-0.05, 0) is 25.7 Å². The van der Waals surface area contributed by atoms with E-state index in [0.29, 0.717) is 30.3 Å². The van der Waals surface area contributed by atoms with E-state index in [0.717, 1.165) is 25.7 Å². The molecule has 0 radical (unpaired) electrons. The lowest BCUT2D eigenvalue weighted by molar-refractivity contribution is 0.143. The second-order valence-corrected chi connectivity index (χ2v) is 7.69. The predicted octanol–water partition coefficient (Wildman–Crippen LogP) is 0.895. The fraction of sp³-hybridized carbons (Fsp3) is 0.625. The predicted molar refractivity (Wildman–Crippen MR) is 88.6 cm³/mol. The number of fused-ring (bicyclic) bond motifs is 6. The quantitative estimate of drug-likeness (QED) is 0.786.